The fraction of sp³-hybridized carbons (Fsp3) is 0.300. The topological polar surface area (TPSA) is 86.8 Å². The van der Waals surface area contributed by atoms with Gasteiger partial charge in [-0.2, -0.15) is 0 Å². The quantitative estimate of drug-likeness (QED) is 0.242. The van der Waals surface area contributed by atoms with Crippen molar-refractivity contribution in [2.75, 3.05) is 6.61 Å². The number of carbonyl (C=O) groups is 2. The van der Waals surface area contributed by atoms with E-state index >= 15 is 0 Å². The van der Waals surface area contributed by atoms with Gasteiger partial charge in [-0.25, -0.2) is 4.79 Å². The number of esters is 1. The molecular formula is C30H32N2O5S. The first-order valence-corrected chi connectivity index (χ1v) is 13.4. The van der Waals surface area contributed by atoms with Gasteiger partial charge < -0.3 is 19.5 Å². The summed E-state index contributed by atoms with van der Waals surface area (Å²) in [6, 6.07) is 17.8. The summed E-state index contributed by atoms with van der Waals surface area (Å²) in [5, 5.41) is 5.98. The zero-order valence-corrected chi connectivity index (χ0v) is 22.9. The van der Waals surface area contributed by atoms with E-state index in [4.69, 9.17) is 14.2 Å². The molecular weight excluding hydrogens is 500 g/mol. The van der Waals surface area contributed by atoms with E-state index in [2.05, 4.69) is 33.9 Å². The molecule has 8 heteroatoms. The predicted octanol–water partition coefficient (Wildman–Crippen LogP) is 6.67. The lowest BCUT2D eigenvalue weighted by Gasteiger charge is -2.19. The minimum absolute atomic E-state index is 0.163. The second-order valence-electron chi connectivity index (χ2n) is 9.75. The smallest absolute Gasteiger partial charge is 0.407 e. The molecule has 0 aliphatic rings. The fourth-order valence-electron chi connectivity index (χ4n) is 3.99. The zero-order chi connectivity index (χ0) is 27.1. The van der Waals surface area contributed by atoms with Gasteiger partial charge >= 0.3 is 12.1 Å². The number of nitrogens with zero attached hydrogens (tertiary/aromatic N) is 1. The average molecular weight is 533 g/mol. The Hall–Kier alpha value is -3.91. The molecule has 4 aromatic rings. The molecule has 0 atom stereocenters. The first-order valence-electron chi connectivity index (χ1n) is 12.5. The maximum Gasteiger partial charge on any atom is 0.407 e. The van der Waals surface area contributed by atoms with Crippen molar-refractivity contribution in [3.63, 3.8) is 0 Å². The van der Waals surface area contributed by atoms with Gasteiger partial charge in [0, 0.05) is 21.8 Å². The highest BCUT2D eigenvalue weighted by atomic mass is 32.1. The average Bonchev–Trinajstić information content (AvgIpc) is 3.34. The summed E-state index contributed by atoms with van der Waals surface area (Å²) in [4.78, 5) is 28.5. The summed E-state index contributed by atoms with van der Waals surface area (Å²) in [6.07, 6.45) is 1.43. The van der Waals surface area contributed by atoms with Gasteiger partial charge in [-0.3, -0.25) is 9.78 Å². The number of pyridine rings is 1. The Morgan fingerprint density at radius 2 is 1.87 bits per heavy atom. The number of alkyl carbamates (subject to hydrolysis) is 1. The van der Waals surface area contributed by atoms with Gasteiger partial charge in [-0.1, -0.05) is 18.2 Å². The van der Waals surface area contributed by atoms with E-state index in [1.165, 1.54) is 0 Å². The van der Waals surface area contributed by atoms with Crippen LogP contribution in [-0.2, 0) is 33.8 Å². The van der Waals surface area contributed by atoms with E-state index in [0.29, 0.717) is 19.0 Å². The van der Waals surface area contributed by atoms with E-state index < -0.39 is 11.7 Å². The molecule has 1 amide bonds. The van der Waals surface area contributed by atoms with Crippen LogP contribution in [0.2, 0.25) is 0 Å². The standard InChI is InChI=1S/C30H32N2O5S/c1-5-35-28(33)17-22-8-6-7-9-26(22)36-19-20-14-25(24-11-13-38-27(24)15-20)21-10-12-31-23(16-21)18-32-29(34)37-30(2,3)4/h6-16H,5,17-19H2,1-4H3,(H,32,34). The van der Waals surface area contributed by atoms with Crippen molar-refractivity contribution < 1.29 is 23.8 Å². The van der Waals surface area contributed by atoms with Crippen LogP contribution in [0.4, 0.5) is 4.79 Å². The molecule has 2 heterocycles. The lowest BCUT2D eigenvalue weighted by Crippen LogP contribution is -2.32. The van der Waals surface area contributed by atoms with Crippen LogP contribution >= 0.6 is 11.3 Å². The second-order valence-corrected chi connectivity index (χ2v) is 10.7. The van der Waals surface area contributed by atoms with Crippen LogP contribution in [0.25, 0.3) is 21.2 Å². The second kappa shape index (κ2) is 12.1. The fourth-order valence-corrected chi connectivity index (χ4v) is 4.86. The maximum absolute atomic E-state index is 12.1. The number of aromatic nitrogens is 1. The summed E-state index contributed by atoms with van der Waals surface area (Å²) >= 11 is 1.67. The molecule has 0 saturated heterocycles. The molecule has 0 fully saturated rings. The summed E-state index contributed by atoms with van der Waals surface area (Å²) in [6.45, 7) is 8.23. The van der Waals surface area contributed by atoms with Crippen molar-refractivity contribution in [3.05, 3.63) is 83.0 Å². The molecule has 0 radical (unpaired) electrons. The number of amides is 1. The molecule has 0 spiro atoms. The number of carbonyl (C=O) groups excluding carboxylic acids is 2. The van der Waals surface area contributed by atoms with Crippen molar-refractivity contribution in [1.29, 1.82) is 0 Å². The van der Waals surface area contributed by atoms with Gasteiger partial charge in [-0.15, -0.1) is 11.3 Å². The van der Waals surface area contributed by atoms with Crippen LogP contribution in [0.15, 0.2) is 66.2 Å². The molecule has 2 aromatic carbocycles. The number of thiophene rings is 1. The summed E-state index contributed by atoms with van der Waals surface area (Å²) in [5.74, 6) is 0.383. The van der Waals surface area contributed by atoms with Crippen molar-refractivity contribution in [1.82, 2.24) is 10.3 Å². The van der Waals surface area contributed by atoms with E-state index in [9.17, 15) is 9.59 Å². The molecule has 0 saturated carbocycles. The highest BCUT2D eigenvalue weighted by Crippen LogP contribution is 2.34. The Balaban J connectivity index is 1.53. The van der Waals surface area contributed by atoms with E-state index in [1.54, 1.807) is 24.5 Å². The molecule has 0 bridgehead atoms. The number of benzene rings is 2. The van der Waals surface area contributed by atoms with Crippen molar-refractivity contribution in [3.8, 4) is 16.9 Å². The zero-order valence-electron chi connectivity index (χ0n) is 22.1. The van der Waals surface area contributed by atoms with Gasteiger partial charge in [0.1, 0.15) is 18.0 Å². The van der Waals surface area contributed by atoms with Crippen LogP contribution in [0.3, 0.4) is 0 Å². The van der Waals surface area contributed by atoms with Crippen molar-refractivity contribution >= 4 is 33.5 Å². The third kappa shape index (κ3) is 7.32. The molecule has 198 valence electrons. The number of ether oxygens (including phenoxy) is 3. The minimum atomic E-state index is -0.564. The molecule has 7 nitrogen and oxygen atoms in total. The highest BCUT2D eigenvalue weighted by molar-refractivity contribution is 7.17. The molecule has 1 N–H and O–H groups in total. The number of para-hydroxylation sites is 1. The normalized spacial score (nSPS) is 11.3. The molecule has 0 aliphatic carbocycles. The van der Waals surface area contributed by atoms with Gasteiger partial charge in [0.25, 0.3) is 0 Å². The van der Waals surface area contributed by atoms with E-state index in [-0.39, 0.29) is 18.9 Å². The Labute approximate surface area is 226 Å². The summed E-state index contributed by atoms with van der Waals surface area (Å²) in [7, 11) is 0. The van der Waals surface area contributed by atoms with Crippen LogP contribution in [-0.4, -0.2) is 29.3 Å². The van der Waals surface area contributed by atoms with Gasteiger partial charge in [0.2, 0.25) is 0 Å². The van der Waals surface area contributed by atoms with Gasteiger partial charge in [0.05, 0.1) is 25.3 Å². The lowest BCUT2D eigenvalue weighted by molar-refractivity contribution is -0.142. The highest BCUT2D eigenvalue weighted by Gasteiger charge is 2.16. The summed E-state index contributed by atoms with van der Waals surface area (Å²) in [5.41, 5.74) is 4.01. The van der Waals surface area contributed by atoms with Crippen LogP contribution < -0.4 is 10.1 Å². The minimum Gasteiger partial charge on any atom is -0.489 e. The first-order chi connectivity index (χ1) is 18.2. The number of hydrogen-bond acceptors (Lipinski definition) is 7. The Morgan fingerprint density at radius 3 is 2.66 bits per heavy atom. The van der Waals surface area contributed by atoms with Gasteiger partial charge in [0.15, 0.2) is 0 Å². The Kier molecular flexibility index (Phi) is 8.63. The molecule has 0 aliphatic heterocycles. The van der Waals surface area contributed by atoms with Crippen LogP contribution in [0.1, 0.15) is 44.5 Å². The molecule has 4 rings (SSSR count). The molecule has 38 heavy (non-hydrogen) atoms. The molecule has 0 unspecified atom stereocenters. The number of hydrogen-bond donors (Lipinski definition) is 1. The lowest BCUT2D eigenvalue weighted by atomic mass is 9.99. The number of fused-ring (bicyclic) bond motifs is 1. The summed E-state index contributed by atoms with van der Waals surface area (Å²) < 4.78 is 17.7. The van der Waals surface area contributed by atoms with Crippen molar-refractivity contribution in [2.45, 2.75) is 52.9 Å². The number of nitrogens with one attached hydrogen (secondary N) is 1. The van der Waals surface area contributed by atoms with E-state index in [0.717, 1.165) is 38.0 Å². The van der Waals surface area contributed by atoms with Gasteiger partial charge in [-0.05, 0) is 86.2 Å². The van der Waals surface area contributed by atoms with Crippen molar-refractivity contribution in [2.24, 2.45) is 0 Å². The SMILES string of the molecule is CCOC(=O)Cc1ccccc1OCc1cc(-c2ccnc(CNC(=O)OC(C)(C)C)c2)c2ccsc2c1. The number of rotatable bonds is 9. The Bertz CT molecular complexity index is 1420. The maximum atomic E-state index is 12.1. The monoisotopic (exact) mass is 532 g/mol. The third-order valence-electron chi connectivity index (χ3n) is 5.58. The van der Waals surface area contributed by atoms with Crippen LogP contribution in [0, 0.1) is 0 Å². The van der Waals surface area contributed by atoms with E-state index in [1.807, 2.05) is 57.2 Å². The third-order valence-corrected chi connectivity index (χ3v) is 6.44. The predicted molar refractivity (Wildman–Crippen MR) is 149 cm³/mol. The first kappa shape index (κ1) is 27.1. The molecule has 2 aromatic heterocycles. The Morgan fingerprint density at radius 1 is 1.05 bits per heavy atom. The van der Waals surface area contributed by atoms with Crippen LogP contribution in [0.5, 0.6) is 5.75 Å². The largest absolute Gasteiger partial charge is 0.489 e.